The maximum atomic E-state index is 5.45. The van der Waals surface area contributed by atoms with Gasteiger partial charge in [0.25, 0.3) is 0 Å². The van der Waals surface area contributed by atoms with Crippen molar-refractivity contribution in [2.45, 2.75) is 18.7 Å². The molecule has 1 nitrogen and oxygen atoms in total. The molecule has 0 N–H and O–H groups in total. The van der Waals surface area contributed by atoms with Crippen LogP contribution in [-0.2, 0) is 4.18 Å². The first-order valence-electron chi connectivity index (χ1n) is 4.24. The monoisotopic (exact) mass is 260 g/mol. The van der Waals surface area contributed by atoms with Crippen LogP contribution < -0.4 is 0 Å². The number of hydrogen-bond donors (Lipinski definition) is 0. The van der Waals surface area contributed by atoms with E-state index in [1.807, 2.05) is 24.3 Å². The molecule has 0 bridgehead atoms. The maximum Gasteiger partial charge on any atom is 0.0641 e. The van der Waals surface area contributed by atoms with Gasteiger partial charge in [0.05, 0.1) is 6.61 Å². The molecule has 0 amide bonds. The van der Waals surface area contributed by atoms with Crippen molar-refractivity contribution in [3.63, 3.8) is 0 Å². The van der Waals surface area contributed by atoms with Crippen LogP contribution in [-0.4, -0.2) is 6.61 Å². The largest absolute Gasteiger partial charge is 0.310 e. The Balaban J connectivity index is 2.41. The molecule has 0 unspecified atom stereocenters. The van der Waals surface area contributed by atoms with Crippen molar-refractivity contribution >= 4 is 28.0 Å². The second-order valence-corrected chi connectivity index (χ2v) is 4.89. The Morgan fingerprint density at radius 2 is 2.08 bits per heavy atom. The molecule has 72 valence electrons. The lowest BCUT2D eigenvalue weighted by atomic mass is 10.2. The van der Waals surface area contributed by atoms with E-state index in [1.54, 1.807) is 0 Å². The van der Waals surface area contributed by atoms with Crippen molar-refractivity contribution < 1.29 is 4.18 Å². The van der Waals surface area contributed by atoms with Crippen molar-refractivity contribution in [3.05, 3.63) is 28.7 Å². The summed E-state index contributed by atoms with van der Waals surface area (Å²) in [5, 5.41) is 0. The Morgan fingerprint density at radius 1 is 1.38 bits per heavy atom. The first kappa shape index (κ1) is 11.1. The van der Waals surface area contributed by atoms with Gasteiger partial charge in [0.1, 0.15) is 0 Å². The molecule has 0 aliphatic heterocycles. The lowest BCUT2D eigenvalue weighted by Crippen LogP contribution is -1.95. The standard InChI is InChI=1S/C10H13BrOS/c1-8(2)7-12-13-10-6-4-3-5-9(10)11/h3-6,8H,7H2,1-2H3. The Hall–Kier alpha value is 0.01000. The smallest absolute Gasteiger partial charge is 0.0641 e. The Morgan fingerprint density at radius 3 is 2.69 bits per heavy atom. The maximum absolute atomic E-state index is 5.45. The number of hydrogen-bond acceptors (Lipinski definition) is 2. The van der Waals surface area contributed by atoms with Gasteiger partial charge in [0.2, 0.25) is 0 Å². The van der Waals surface area contributed by atoms with Gasteiger partial charge in [-0.15, -0.1) is 0 Å². The minimum Gasteiger partial charge on any atom is -0.310 e. The Labute approximate surface area is 92.2 Å². The van der Waals surface area contributed by atoms with Gasteiger partial charge < -0.3 is 4.18 Å². The predicted molar refractivity (Wildman–Crippen MR) is 60.8 cm³/mol. The molecule has 0 saturated heterocycles. The highest BCUT2D eigenvalue weighted by Crippen LogP contribution is 2.27. The zero-order valence-electron chi connectivity index (χ0n) is 7.79. The number of halogens is 1. The summed E-state index contributed by atoms with van der Waals surface area (Å²) in [5.41, 5.74) is 0. The lowest BCUT2D eigenvalue weighted by Gasteiger charge is -2.06. The summed E-state index contributed by atoms with van der Waals surface area (Å²) in [6, 6.07) is 8.05. The highest BCUT2D eigenvalue weighted by atomic mass is 79.9. The van der Waals surface area contributed by atoms with Gasteiger partial charge in [-0.2, -0.15) is 0 Å². The minimum atomic E-state index is 0.579. The summed E-state index contributed by atoms with van der Waals surface area (Å²) < 4.78 is 6.54. The third-order valence-electron chi connectivity index (χ3n) is 1.39. The summed E-state index contributed by atoms with van der Waals surface area (Å²) in [6.07, 6.45) is 0. The average molecular weight is 261 g/mol. The summed E-state index contributed by atoms with van der Waals surface area (Å²) in [7, 11) is 0. The summed E-state index contributed by atoms with van der Waals surface area (Å²) in [5.74, 6) is 0.579. The van der Waals surface area contributed by atoms with Crippen LogP contribution in [0.3, 0.4) is 0 Å². The molecule has 0 aromatic heterocycles. The van der Waals surface area contributed by atoms with Crippen LogP contribution in [0.5, 0.6) is 0 Å². The molecule has 13 heavy (non-hydrogen) atoms. The van der Waals surface area contributed by atoms with Crippen LogP contribution >= 0.6 is 28.0 Å². The normalized spacial score (nSPS) is 10.8. The molecular weight excluding hydrogens is 248 g/mol. The van der Waals surface area contributed by atoms with Crippen LogP contribution in [0.4, 0.5) is 0 Å². The third-order valence-corrected chi connectivity index (χ3v) is 3.13. The molecule has 0 atom stereocenters. The minimum absolute atomic E-state index is 0.579. The second kappa shape index (κ2) is 5.68. The van der Waals surface area contributed by atoms with Crippen molar-refractivity contribution in [1.82, 2.24) is 0 Å². The fourth-order valence-electron chi connectivity index (χ4n) is 0.746. The topological polar surface area (TPSA) is 9.23 Å². The summed E-state index contributed by atoms with van der Waals surface area (Å²) >= 11 is 4.89. The molecule has 0 radical (unpaired) electrons. The number of rotatable bonds is 4. The molecular formula is C10H13BrOS. The van der Waals surface area contributed by atoms with Crippen molar-refractivity contribution in [3.8, 4) is 0 Å². The SMILES string of the molecule is CC(C)COSc1ccccc1Br. The first-order chi connectivity index (χ1) is 6.20. The van der Waals surface area contributed by atoms with E-state index >= 15 is 0 Å². The molecule has 0 spiro atoms. The summed E-state index contributed by atoms with van der Waals surface area (Å²) in [4.78, 5) is 1.13. The van der Waals surface area contributed by atoms with E-state index in [0.717, 1.165) is 16.0 Å². The van der Waals surface area contributed by atoms with Crippen molar-refractivity contribution in [1.29, 1.82) is 0 Å². The van der Waals surface area contributed by atoms with E-state index in [1.165, 1.54) is 12.0 Å². The lowest BCUT2D eigenvalue weighted by molar-refractivity contribution is 0.315. The first-order valence-corrected chi connectivity index (χ1v) is 5.77. The van der Waals surface area contributed by atoms with E-state index in [9.17, 15) is 0 Å². The van der Waals surface area contributed by atoms with Crippen LogP contribution in [0.2, 0.25) is 0 Å². The van der Waals surface area contributed by atoms with Gasteiger partial charge in [-0.25, -0.2) is 0 Å². The highest BCUT2D eigenvalue weighted by molar-refractivity contribution is 9.10. The zero-order valence-corrected chi connectivity index (χ0v) is 10.2. The predicted octanol–water partition coefficient (Wildman–Crippen LogP) is 4.13. The van der Waals surface area contributed by atoms with Crippen molar-refractivity contribution in [2.24, 2.45) is 5.92 Å². The molecule has 3 heteroatoms. The van der Waals surface area contributed by atoms with E-state index < -0.39 is 0 Å². The molecule has 1 aromatic carbocycles. The van der Waals surface area contributed by atoms with Crippen molar-refractivity contribution in [2.75, 3.05) is 6.61 Å². The van der Waals surface area contributed by atoms with Gasteiger partial charge in [-0.1, -0.05) is 26.0 Å². The van der Waals surface area contributed by atoms with Crippen LogP contribution in [0.25, 0.3) is 0 Å². The molecule has 0 aliphatic rings. The van der Waals surface area contributed by atoms with Gasteiger partial charge >= 0.3 is 0 Å². The van der Waals surface area contributed by atoms with E-state index in [4.69, 9.17) is 4.18 Å². The third kappa shape index (κ3) is 4.16. The fourth-order valence-corrected chi connectivity index (χ4v) is 1.98. The van der Waals surface area contributed by atoms with Gasteiger partial charge in [0, 0.05) is 21.4 Å². The molecule has 0 aliphatic carbocycles. The van der Waals surface area contributed by atoms with E-state index in [0.29, 0.717) is 5.92 Å². The fraction of sp³-hybridized carbons (Fsp3) is 0.400. The molecule has 0 fully saturated rings. The van der Waals surface area contributed by atoms with Crippen LogP contribution in [0.1, 0.15) is 13.8 Å². The number of benzene rings is 1. The van der Waals surface area contributed by atoms with Gasteiger partial charge in [0.15, 0.2) is 0 Å². The highest BCUT2D eigenvalue weighted by Gasteiger charge is 2.00. The quantitative estimate of drug-likeness (QED) is 0.754. The molecule has 1 aromatic rings. The molecule has 1 rings (SSSR count). The van der Waals surface area contributed by atoms with Gasteiger partial charge in [-0.05, 0) is 34.0 Å². The van der Waals surface area contributed by atoms with Crippen LogP contribution in [0, 0.1) is 5.92 Å². The second-order valence-electron chi connectivity index (χ2n) is 3.19. The zero-order chi connectivity index (χ0) is 9.68. The summed E-state index contributed by atoms with van der Waals surface area (Å²) in [6.45, 7) is 5.06. The molecule has 0 heterocycles. The van der Waals surface area contributed by atoms with Gasteiger partial charge in [-0.3, -0.25) is 0 Å². The Kier molecular flexibility index (Phi) is 4.84. The van der Waals surface area contributed by atoms with E-state index in [2.05, 4.69) is 29.8 Å². The molecule has 0 saturated carbocycles. The van der Waals surface area contributed by atoms with Crippen LogP contribution in [0.15, 0.2) is 33.6 Å². The average Bonchev–Trinajstić information content (AvgIpc) is 2.08. The Bertz CT molecular complexity index is 263. The van der Waals surface area contributed by atoms with E-state index in [-0.39, 0.29) is 0 Å².